The van der Waals surface area contributed by atoms with E-state index in [2.05, 4.69) is 0 Å². The Labute approximate surface area is 251 Å². The van der Waals surface area contributed by atoms with Crippen LogP contribution in [0.15, 0.2) is 78.9 Å². The summed E-state index contributed by atoms with van der Waals surface area (Å²) in [4.78, 5) is 48.4. The summed E-state index contributed by atoms with van der Waals surface area (Å²) >= 11 is 6.55. The van der Waals surface area contributed by atoms with E-state index in [1.807, 2.05) is 74.5 Å². The van der Waals surface area contributed by atoms with Gasteiger partial charge in [-0.2, -0.15) is 0 Å². The summed E-state index contributed by atoms with van der Waals surface area (Å²) in [5, 5.41) is 11.0. The third-order valence-corrected chi connectivity index (χ3v) is 9.70. The number of hydrogen-bond acceptors (Lipinski definition) is 5. The SMILES string of the molecule is CC[C@H](C)[C@H](CO)N1C(=O)[C@@H]2[C@H]3C(=O)N(Cc4ccccc4)CC=C[C@H]3O[C@@]23C=CCN(c2ccccc2Cl)C(=O)C13. The van der Waals surface area contributed by atoms with E-state index in [1.54, 1.807) is 28.0 Å². The zero-order chi connectivity index (χ0) is 29.6. The molecule has 2 fully saturated rings. The van der Waals surface area contributed by atoms with Crippen LogP contribution in [0.5, 0.6) is 0 Å². The van der Waals surface area contributed by atoms with Crippen LogP contribution in [-0.2, 0) is 25.7 Å². The fourth-order valence-electron chi connectivity index (χ4n) is 7.13. The second-order valence-corrected chi connectivity index (χ2v) is 12.1. The molecular formula is C33H36ClN3O5. The van der Waals surface area contributed by atoms with Crippen LogP contribution in [0.25, 0.3) is 0 Å². The first-order chi connectivity index (χ1) is 20.3. The van der Waals surface area contributed by atoms with E-state index in [4.69, 9.17) is 16.3 Å². The van der Waals surface area contributed by atoms with E-state index in [0.717, 1.165) is 5.56 Å². The quantitative estimate of drug-likeness (QED) is 0.496. The minimum atomic E-state index is -1.38. The summed E-state index contributed by atoms with van der Waals surface area (Å²) in [6.45, 7) is 4.66. The Bertz CT molecular complexity index is 1430. The number of aliphatic hydroxyl groups is 1. The molecule has 0 aliphatic carbocycles. The molecule has 9 heteroatoms. The molecule has 0 radical (unpaired) electrons. The molecule has 2 saturated heterocycles. The van der Waals surface area contributed by atoms with Gasteiger partial charge in [0.15, 0.2) is 0 Å². The topological polar surface area (TPSA) is 90.4 Å². The predicted molar refractivity (Wildman–Crippen MR) is 159 cm³/mol. The van der Waals surface area contributed by atoms with E-state index < -0.39 is 35.6 Å². The number of aliphatic hydroxyl groups excluding tert-OH is 1. The molecule has 6 rings (SSSR count). The van der Waals surface area contributed by atoms with Gasteiger partial charge < -0.3 is 24.5 Å². The molecule has 3 amide bonds. The number of anilines is 1. The lowest BCUT2D eigenvalue weighted by Crippen LogP contribution is -2.59. The molecule has 2 aromatic carbocycles. The number of halogens is 1. The zero-order valence-corrected chi connectivity index (χ0v) is 24.6. The van der Waals surface area contributed by atoms with Crippen molar-refractivity contribution in [1.82, 2.24) is 9.80 Å². The first-order valence-electron chi connectivity index (χ1n) is 14.7. The van der Waals surface area contributed by atoms with E-state index >= 15 is 0 Å². The van der Waals surface area contributed by atoms with E-state index in [0.29, 0.717) is 30.2 Å². The highest BCUT2D eigenvalue weighted by Gasteiger charge is 2.72. The van der Waals surface area contributed by atoms with Gasteiger partial charge in [-0.3, -0.25) is 14.4 Å². The number of para-hydroxylation sites is 1. The molecule has 42 heavy (non-hydrogen) atoms. The number of amides is 3. The van der Waals surface area contributed by atoms with Gasteiger partial charge in [-0.05, 0) is 23.6 Å². The number of benzene rings is 2. The Morgan fingerprint density at radius 3 is 2.45 bits per heavy atom. The fourth-order valence-corrected chi connectivity index (χ4v) is 7.37. The first-order valence-corrected chi connectivity index (χ1v) is 15.0. The number of likely N-dealkylation sites (tertiary alicyclic amines) is 1. The van der Waals surface area contributed by atoms with Crippen LogP contribution in [0.1, 0.15) is 25.8 Å². The maximum Gasteiger partial charge on any atom is 0.253 e. The largest absolute Gasteiger partial charge is 0.394 e. The highest BCUT2D eigenvalue weighted by atomic mass is 35.5. The molecule has 1 N–H and O–H groups in total. The van der Waals surface area contributed by atoms with Crippen LogP contribution >= 0.6 is 11.6 Å². The Morgan fingerprint density at radius 1 is 1.00 bits per heavy atom. The Balaban J connectivity index is 1.45. The van der Waals surface area contributed by atoms with Gasteiger partial charge in [0.1, 0.15) is 11.6 Å². The van der Waals surface area contributed by atoms with Gasteiger partial charge in [-0.1, -0.05) is 98.6 Å². The van der Waals surface area contributed by atoms with E-state index in [1.165, 1.54) is 4.90 Å². The Morgan fingerprint density at radius 2 is 1.74 bits per heavy atom. The number of carbonyl (C=O) groups is 3. The maximum absolute atomic E-state index is 14.6. The average Bonchev–Trinajstić information content (AvgIpc) is 3.32. The van der Waals surface area contributed by atoms with Crippen molar-refractivity contribution in [2.75, 3.05) is 24.6 Å². The first kappa shape index (κ1) is 28.6. The normalized spacial score (nSPS) is 30.1. The van der Waals surface area contributed by atoms with Crippen molar-refractivity contribution in [3.63, 3.8) is 0 Å². The number of fused-ring (bicyclic) bond motifs is 2. The molecule has 4 heterocycles. The van der Waals surface area contributed by atoms with Gasteiger partial charge in [-0.25, -0.2) is 0 Å². The second-order valence-electron chi connectivity index (χ2n) is 11.7. The number of rotatable bonds is 7. The van der Waals surface area contributed by atoms with Gasteiger partial charge in [0.25, 0.3) is 5.91 Å². The highest BCUT2D eigenvalue weighted by Crippen LogP contribution is 2.54. The van der Waals surface area contributed by atoms with Crippen molar-refractivity contribution < 1.29 is 24.2 Å². The zero-order valence-electron chi connectivity index (χ0n) is 23.8. The van der Waals surface area contributed by atoms with Crippen molar-refractivity contribution in [1.29, 1.82) is 0 Å². The van der Waals surface area contributed by atoms with Crippen LogP contribution in [0, 0.1) is 17.8 Å². The third-order valence-electron chi connectivity index (χ3n) is 9.38. The molecule has 0 bridgehead atoms. The number of carbonyl (C=O) groups excluding carboxylic acids is 3. The van der Waals surface area contributed by atoms with Gasteiger partial charge >= 0.3 is 0 Å². The van der Waals surface area contributed by atoms with Crippen molar-refractivity contribution in [2.24, 2.45) is 17.8 Å². The van der Waals surface area contributed by atoms with Gasteiger partial charge in [-0.15, -0.1) is 0 Å². The Hall–Kier alpha value is -3.46. The fraction of sp³-hybridized carbons (Fsp3) is 0.424. The molecule has 0 saturated carbocycles. The van der Waals surface area contributed by atoms with Gasteiger partial charge in [0, 0.05) is 19.6 Å². The highest BCUT2D eigenvalue weighted by molar-refractivity contribution is 6.34. The summed E-state index contributed by atoms with van der Waals surface area (Å²) in [6.07, 6.45) is 7.45. The third kappa shape index (κ3) is 4.48. The minimum absolute atomic E-state index is 0.0984. The molecule has 1 spiro atoms. The summed E-state index contributed by atoms with van der Waals surface area (Å²) in [5.41, 5.74) is 0.138. The molecule has 4 aliphatic rings. The molecule has 1 unspecified atom stereocenters. The van der Waals surface area contributed by atoms with Crippen LogP contribution in [-0.4, -0.2) is 76.1 Å². The second kappa shape index (κ2) is 11.3. The summed E-state index contributed by atoms with van der Waals surface area (Å²) in [6, 6.07) is 15.1. The van der Waals surface area contributed by atoms with Crippen molar-refractivity contribution >= 4 is 35.0 Å². The molecule has 0 aromatic heterocycles. The van der Waals surface area contributed by atoms with Crippen LogP contribution in [0.4, 0.5) is 5.69 Å². The van der Waals surface area contributed by atoms with Gasteiger partial charge in [0.2, 0.25) is 11.8 Å². The molecule has 2 aromatic rings. The number of nitrogens with zero attached hydrogens (tertiary/aromatic N) is 3. The monoisotopic (exact) mass is 589 g/mol. The molecule has 8 nitrogen and oxygen atoms in total. The standard InChI is InChI=1S/C33H36ClN3O5/c1-3-21(2)25(20-38)37-29-32(41)36(24-14-8-7-13-23(24)34)18-10-16-33(29)28(31(37)40)27-26(42-33)15-9-17-35(30(27)39)19-22-11-5-4-6-12-22/h4-16,21,25-29,38H,3,17-20H2,1-2H3/t21-,25-,26+,27-,28-,29?,33-/m0/s1. The number of ether oxygens (including phenoxy) is 1. The Kier molecular flexibility index (Phi) is 7.72. The maximum atomic E-state index is 14.6. The van der Waals surface area contributed by atoms with Crippen molar-refractivity contribution in [2.45, 2.75) is 50.6 Å². The molecule has 220 valence electrons. The smallest absolute Gasteiger partial charge is 0.253 e. The molecule has 7 atom stereocenters. The van der Waals surface area contributed by atoms with Crippen molar-refractivity contribution in [3.05, 3.63) is 89.5 Å². The lowest BCUT2D eigenvalue weighted by Gasteiger charge is -2.40. The summed E-state index contributed by atoms with van der Waals surface area (Å²) in [5.74, 6) is -2.70. The summed E-state index contributed by atoms with van der Waals surface area (Å²) in [7, 11) is 0. The van der Waals surface area contributed by atoms with Crippen LogP contribution < -0.4 is 4.90 Å². The lowest BCUT2D eigenvalue weighted by molar-refractivity contribution is -0.148. The molecular weight excluding hydrogens is 554 g/mol. The van der Waals surface area contributed by atoms with E-state index in [-0.39, 0.29) is 36.8 Å². The summed E-state index contributed by atoms with van der Waals surface area (Å²) < 4.78 is 6.76. The lowest BCUT2D eigenvalue weighted by atomic mass is 9.77. The molecule has 4 aliphatic heterocycles. The van der Waals surface area contributed by atoms with Crippen molar-refractivity contribution in [3.8, 4) is 0 Å². The number of hydrogen-bond donors (Lipinski definition) is 1. The van der Waals surface area contributed by atoms with Crippen LogP contribution in [0.3, 0.4) is 0 Å². The van der Waals surface area contributed by atoms with Crippen LogP contribution in [0.2, 0.25) is 5.02 Å². The van der Waals surface area contributed by atoms with E-state index in [9.17, 15) is 19.5 Å². The average molecular weight is 590 g/mol. The predicted octanol–water partition coefficient (Wildman–Crippen LogP) is 3.83. The minimum Gasteiger partial charge on any atom is -0.394 e. The van der Waals surface area contributed by atoms with Gasteiger partial charge in [0.05, 0.1) is 41.3 Å².